The van der Waals surface area contributed by atoms with Gasteiger partial charge in [0.2, 0.25) is 5.54 Å². The van der Waals surface area contributed by atoms with Crippen LogP contribution in [0.5, 0.6) is 0 Å². The lowest BCUT2D eigenvalue weighted by molar-refractivity contribution is -0.550. The number of nitro groups is 1. The first kappa shape index (κ1) is 13.3. The maximum absolute atomic E-state index is 11.1. The van der Waals surface area contributed by atoms with Gasteiger partial charge in [-0.25, -0.2) is 4.79 Å². The van der Waals surface area contributed by atoms with Crippen molar-refractivity contribution >= 4 is 12.2 Å². The van der Waals surface area contributed by atoms with Crippen LogP contribution in [0.15, 0.2) is 11.6 Å². The fourth-order valence-corrected chi connectivity index (χ4v) is 0.896. The van der Waals surface area contributed by atoms with Gasteiger partial charge in [0.15, 0.2) is 0 Å². The van der Waals surface area contributed by atoms with Gasteiger partial charge in [-0.05, 0) is 0 Å². The van der Waals surface area contributed by atoms with Crippen molar-refractivity contribution in [2.75, 3.05) is 7.11 Å². The number of esters is 1. The Morgan fingerprint density at radius 3 is 2.47 bits per heavy atom. The lowest BCUT2D eigenvalue weighted by Gasteiger charge is -2.15. The van der Waals surface area contributed by atoms with Gasteiger partial charge in [0.25, 0.3) is 0 Å². The highest BCUT2D eigenvalue weighted by Gasteiger charge is 2.33. The Labute approximate surface area is 87.6 Å². The Morgan fingerprint density at radius 1 is 1.67 bits per heavy atom. The van der Waals surface area contributed by atoms with Crippen molar-refractivity contribution in [3.63, 3.8) is 0 Å². The minimum atomic E-state index is -1.35. The van der Waals surface area contributed by atoms with E-state index in [0.717, 1.165) is 19.4 Å². The topological polar surface area (TPSA) is 93.3 Å². The predicted octanol–water partition coefficient (Wildman–Crippen LogP) is 1.18. The standard InChI is InChI=1S/C9H14N2O4/c1-4-9(2,11(13)14)5-7(6-10)8(12)15-3/h5-6,10H,4H2,1-3H3/b7-5+,10-6?. The molecule has 0 saturated carbocycles. The van der Waals surface area contributed by atoms with Crippen molar-refractivity contribution in [3.8, 4) is 0 Å². The highest BCUT2D eigenvalue weighted by atomic mass is 16.6. The summed E-state index contributed by atoms with van der Waals surface area (Å²) in [5.41, 5.74) is -1.46. The predicted molar refractivity (Wildman–Crippen MR) is 54.6 cm³/mol. The summed E-state index contributed by atoms with van der Waals surface area (Å²) in [5, 5.41) is 17.7. The summed E-state index contributed by atoms with van der Waals surface area (Å²) in [5.74, 6) is -0.744. The molecule has 0 aliphatic carbocycles. The number of hydrogen-bond donors (Lipinski definition) is 1. The van der Waals surface area contributed by atoms with Gasteiger partial charge in [0, 0.05) is 30.6 Å². The summed E-state index contributed by atoms with van der Waals surface area (Å²) in [6, 6.07) is 0. The van der Waals surface area contributed by atoms with E-state index in [2.05, 4.69) is 4.74 Å². The zero-order chi connectivity index (χ0) is 12.1. The van der Waals surface area contributed by atoms with Crippen molar-refractivity contribution in [3.05, 3.63) is 21.8 Å². The molecule has 0 aromatic heterocycles. The summed E-state index contributed by atoms with van der Waals surface area (Å²) in [6.45, 7) is 3.03. The van der Waals surface area contributed by atoms with Crippen LogP contribution in [-0.4, -0.2) is 29.8 Å². The number of carbonyl (C=O) groups excluding carboxylic acids is 1. The fourth-order valence-electron chi connectivity index (χ4n) is 0.896. The number of nitrogens with zero attached hydrogens (tertiary/aromatic N) is 1. The van der Waals surface area contributed by atoms with E-state index in [1.54, 1.807) is 6.92 Å². The van der Waals surface area contributed by atoms with Crippen molar-refractivity contribution in [1.82, 2.24) is 0 Å². The normalized spacial score (nSPS) is 15.3. The Balaban J connectivity index is 5.20. The summed E-state index contributed by atoms with van der Waals surface area (Å²) in [7, 11) is 1.16. The van der Waals surface area contributed by atoms with E-state index in [9.17, 15) is 14.9 Å². The Kier molecular flexibility index (Phi) is 4.63. The molecule has 0 rings (SSSR count). The number of hydrogen-bond acceptors (Lipinski definition) is 5. The number of ether oxygens (including phenoxy) is 1. The van der Waals surface area contributed by atoms with Crippen molar-refractivity contribution in [2.45, 2.75) is 25.8 Å². The zero-order valence-corrected chi connectivity index (χ0v) is 8.94. The van der Waals surface area contributed by atoms with Gasteiger partial charge in [-0.2, -0.15) is 0 Å². The number of carbonyl (C=O) groups is 1. The molecule has 0 amide bonds. The molecule has 0 bridgehead atoms. The van der Waals surface area contributed by atoms with E-state index < -0.39 is 16.4 Å². The van der Waals surface area contributed by atoms with Crippen LogP contribution in [0.2, 0.25) is 0 Å². The second-order valence-corrected chi connectivity index (χ2v) is 3.20. The second kappa shape index (κ2) is 5.23. The highest BCUT2D eigenvalue weighted by Crippen LogP contribution is 2.17. The number of methoxy groups -OCH3 is 1. The third-order valence-corrected chi connectivity index (χ3v) is 2.18. The van der Waals surface area contributed by atoms with Gasteiger partial charge in [-0.1, -0.05) is 6.92 Å². The largest absolute Gasteiger partial charge is 0.465 e. The summed E-state index contributed by atoms with van der Waals surface area (Å²) in [4.78, 5) is 21.4. The summed E-state index contributed by atoms with van der Waals surface area (Å²) < 4.78 is 4.39. The molecule has 6 nitrogen and oxygen atoms in total. The van der Waals surface area contributed by atoms with Crippen LogP contribution < -0.4 is 0 Å². The summed E-state index contributed by atoms with van der Waals surface area (Å²) >= 11 is 0. The monoisotopic (exact) mass is 214 g/mol. The van der Waals surface area contributed by atoms with E-state index in [0.29, 0.717) is 0 Å². The highest BCUT2D eigenvalue weighted by molar-refractivity contribution is 6.08. The average molecular weight is 214 g/mol. The van der Waals surface area contributed by atoms with Crippen LogP contribution in [-0.2, 0) is 9.53 Å². The first-order chi connectivity index (χ1) is 6.91. The molecule has 1 atom stereocenters. The summed E-state index contributed by atoms with van der Waals surface area (Å²) in [6.07, 6.45) is 2.13. The molecule has 0 aliphatic rings. The van der Waals surface area contributed by atoms with Gasteiger partial charge in [0.05, 0.1) is 12.7 Å². The van der Waals surface area contributed by atoms with Crippen molar-refractivity contribution in [1.29, 1.82) is 5.41 Å². The molecule has 15 heavy (non-hydrogen) atoms. The zero-order valence-electron chi connectivity index (χ0n) is 8.94. The quantitative estimate of drug-likeness (QED) is 0.244. The molecular formula is C9H14N2O4. The Bertz CT molecular complexity index is 311. The van der Waals surface area contributed by atoms with Crippen LogP contribution in [0.3, 0.4) is 0 Å². The van der Waals surface area contributed by atoms with E-state index >= 15 is 0 Å². The molecule has 0 fully saturated rings. The molecular weight excluding hydrogens is 200 g/mol. The van der Waals surface area contributed by atoms with E-state index in [-0.39, 0.29) is 12.0 Å². The van der Waals surface area contributed by atoms with Gasteiger partial charge < -0.3 is 10.1 Å². The minimum absolute atomic E-state index is 0.112. The molecule has 1 N–H and O–H groups in total. The minimum Gasteiger partial charge on any atom is -0.465 e. The van der Waals surface area contributed by atoms with Crippen LogP contribution >= 0.6 is 0 Å². The smallest absolute Gasteiger partial charge is 0.339 e. The molecule has 0 heterocycles. The fraction of sp³-hybridized carbons (Fsp3) is 0.556. The molecule has 0 aromatic rings. The third kappa shape index (κ3) is 3.16. The molecule has 6 heteroatoms. The van der Waals surface area contributed by atoms with Gasteiger partial charge in [0.1, 0.15) is 0 Å². The molecule has 0 radical (unpaired) electrons. The second-order valence-electron chi connectivity index (χ2n) is 3.20. The van der Waals surface area contributed by atoms with Gasteiger partial charge >= 0.3 is 5.97 Å². The first-order valence-electron chi connectivity index (χ1n) is 4.37. The van der Waals surface area contributed by atoms with E-state index in [1.165, 1.54) is 6.92 Å². The van der Waals surface area contributed by atoms with Crippen molar-refractivity contribution < 1.29 is 14.5 Å². The van der Waals surface area contributed by atoms with Crippen LogP contribution in [0.4, 0.5) is 0 Å². The van der Waals surface area contributed by atoms with Crippen LogP contribution in [0, 0.1) is 15.5 Å². The maximum atomic E-state index is 11.1. The molecule has 0 saturated heterocycles. The lowest BCUT2D eigenvalue weighted by atomic mass is 9.97. The molecule has 0 aromatic carbocycles. The van der Waals surface area contributed by atoms with Gasteiger partial charge in [-0.3, -0.25) is 10.1 Å². The van der Waals surface area contributed by atoms with Crippen LogP contribution in [0.1, 0.15) is 20.3 Å². The molecule has 0 aliphatic heterocycles. The molecule has 0 spiro atoms. The Morgan fingerprint density at radius 2 is 2.20 bits per heavy atom. The number of nitrogens with one attached hydrogen (secondary N) is 1. The van der Waals surface area contributed by atoms with Gasteiger partial charge in [-0.15, -0.1) is 0 Å². The third-order valence-electron chi connectivity index (χ3n) is 2.18. The maximum Gasteiger partial charge on any atom is 0.339 e. The van der Waals surface area contributed by atoms with Crippen LogP contribution in [0.25, 0.3) is 0 Å². The van der Waals surface area contributed by atoms with Crippen molar-refractivity contribution in [2.24, 2.45) is 0 Å². The SMILES string of the molecule is CCC(C)(/C=C(\C=N)C(=O)OC)[N+](=O)[O-]. The molecule has 1 unspecified atom stereocenters. The van der Waals surface area contributed by atoms with E-state index in [4.69, 9.17) is 5.41 Å². The first-order valence-corrected chi connectivity index (χ1v) is 4.37. The van der Waals surface area contributed by atoms with E-state index in [1.807, 2.05) is 0 Å². The average Bonchev–Trinajstić information content (AvgIpc) is 2.24. The molecule has 84 valence electrons. The number of rotatable bonds is 5. The lowest BCUT2D eigenvalue weighted by Crippen LogP contribution is -2.32. The Hall–Kier alpha value is -1.72.